The molecule has 1 rings (SSSR count). The van der Waals surface area contributed by atoms with Crippen LogP contribution >= 0.6 is 15.9 Å². The number of amides is 1. The van der Waals surface area contributed by atoms with Crippen molar-refractivity contribution in [3.63, 3.8) is 0 Å². The summed E-state index contributed by atoms with van der Waals surface area (Å²) in [6.07, 6.45) is -0.494. The Morgan fingerprint density at radius 1 is 1.35 bits per heavy atom. The van der Waals surface area contributed by atoms with Crippen LogP contribution in [-0.2, 0) is 0 Å². The van der Waals surface area contributed by atoms with Gasteiger partial charge in [0.25, 0.3) is 0 Å². The zero-order valence-electron chi connectivity index (χ0n) is 10.3. The summed E-state index contributed by atoms with van der Waals surface area (Å²) in [4.78, 5) is 11.6. The molecule has 0 aliphatic heterocycles. The van der Waals surface area contributed by atoms with Crippen molar-refractivity contribution in [1.82, 2.24) is 5.32 Å². The molecule has 5 heteroatoms. The fourth-order valence-corrected chi connectivity index (χ4v) is 1.45. The minimum Gasteiger partial charge on any atom is -0.497 e. The molecule has 0 atom stereocenters. The molecular formula is C12H16BrNO3. The van der Waals surface area contributed by atoms with Crippen LogP contribution < -0.4 is 14.8 Å². The SMILES string of the molecule is COc1ccc(Br)c(OC(=O)NC(C)(C)C)c1. The average Bonchev–Trinajstić information content (AvgIpc) is 2.18. The van der Waals surface area contributed by atoms with Crippen LogP contribution in [0.2, 0.25) is 0 Å². The van der Waals surface area contributed by atoms with E-state index >= 15 is 0 Å². The van der Waals surface area contributed by atoms with Gasteiger partial charge < -0.3 is 14.8 Å². The monoisotopic (exact) mass is 301 g/mol. The molecule has 0 saturated heterocycles. The predicted octanol–water partition coefficient (Wildman–Crippen LogP) is 3.34. The second kappa shape index (κ2) is 5.40. The molecule has 94 valence electrons. The summed E-state index contributed by atoms with van der Waals surface area (Å²) < 4.78 is 10.9. The molecule has 0 heterocycles. The summed E-state index contributed by atoms with van der Waals surface area (Å²) in [6.45, 7) is 5.65. The van der Waals surface area contributed by atoms with Crippen molar-refractivity contribution in [3.05, 3.63) is 22.7 Å². The molecule has 0 bridgehead atoms. The minimum absolute atomic E-state index is 0.331. The maximum Gasteiger partial charge on any atom is 0.413 e. The van der Waals surface area contributed by atoms with Gasteiger partial charge in [0.15, 0.2) is 5.75 Å². The molecule has 0 aromatic heterocycles. The lowest BCUT2D eigenvalue weighted by Gasteiger charge is -2.20. The van der Waals surface area contributed by atoms with Crippen molar-refractivity contribution in [3.8, 4) is 11.5 Å². The van der Waals surface area contributed by atoms with E-state index in [0.717, 1.165) is 0 Å². The fraction of sp³-hybridized carbons (Fsp3) is 0.417. The Morgan fingerprint density at radius 3 is 2.53 bits per heavy atom. The van der Waals surface area contributed by atoms with Gasteiger partial charge in [-0.05, 0) is 48.8 Å². The van der Waals surface area contributed by atoms with E-state index in [1.165, 1.54) is 0 Å². The molecule has 1 N–H and O–H groups in total. The Hall–Kier alpha value is -1.23. The molecular weight excluding hydrogens is 286 g/mol. The quantitative estimate of drug-likeness (QED) is 0.911. The van der Waals surface area contributed by atoms with Crippen molar-refractivity contribution in [2.75, 3.05) is 7.11 Å². The van der Waals surface area contributed by atoms with Gasteiger partial charge in [0, 0.05) is 11.6 Å². The molecule has 0 radical (unpaired) electrons. The van der Waals surface area contributed by atoms with Gasteiger partial charge in [0.1, 0.15) is 5.75 Å². The molecule has 0 aliphatic carbocycles. The number of carbonyl (C=O) groups excluding carboxylic acids is 1. The summed E-state index contributed by atoms with van der Waals surface area (Å²) in [5.74, 6) is 1.05. The van der Waals surface area contributed by atoms with Crippen LogP contribution in [0.3, 0.4) is 0 Å². The number of nitrogens with one attached hydrogen (secondary N) is 1. The van der Waals surface area contributed by atoms with E-state index in [0.29, 0.717) is 16.0 Å². The van der Waals surface area contributed by atoms with Gasteiger partial charge in [0.05, 0.1) is 11.6 Å². The Kier molecular flexibility index (Phi) is 4.40. The Labute approximate surface area is 109 Å². The van der Waals surface area contributed by atoms with E-state index in [2.05, 4.69) is 21.2 Å². The predicted molar refractivity (Wildman–Crippen MR) is 69.6 cm³/mol. The Bertz CT molecular complexity index is 413. The van der Waals surface area contributed by atoms with Crippen molar-refractivity contribution >= 4 is 22.0 Å². The van der Waals surface area contributed by atoms with E-state index in [9.17, 15) is 4.79 Å². The van der Waals surface area contributed by atoms with E-state index in [1.54, 1.807) is 25.3 Å². The van der Waals surface area contributed by atoms with Crippen LogP contribution in [0, 0.1) is 0 Å². The molecule has 0 unspecified atom stereocenters. The lowest BCUT2D eigenvalue weighted by atomic mass is 10.1. The molecule has 1 aromatic rings. The number of carbonyl (C=O) groups is 1. The maximum absolute atomic E-state index is 11.6. The van der Waals surface area contributed by atoms with Crippen molar-refractivity contribution < 1.29 is 14.3 Å². The summed E-state index contributed by atoms with van der Waals surface area (Å²) >= 11 is 3.31. The second-order valence-corrected chi connectivity index (χ2v) is 5.42. The number of hydrogen-bond donors (Lipinski definition) is 1. The first-order chi connectivity index (χ1) is 7.81. The van der Waals surface area contributed by atoms with Crippen molar-refractivity contribution in [2.24, 2.45) is 0 Å². The Morgan fingerprint density at radius 2 is 2.00 bits per heavy atom. The number of benzene rings is 1. The molecule has 17 heavy (non-hydrogen) atoms. The number of ether oxygens (including phenoxy) is 2. The maximum atomic E-state index is 11.6. The van der Waals surface area contributed by atoms with E-state index in [4.69, 9.17) is 9.47 Å². The lowest BCUT2D eigenvalue weighted by molar-refractivity contribution is 0.190. The highest BCUT2D eigenvalue weighted by Crippen LogP contribution is 2.29. The van der Waals surface area contributed by atoms with Crippen molar-refractivity contribution in [2.45, 2.75) is 26.3 Å². The normalized spacial score (nSPS) is 10.9. The zero-order valence-corrected chi connectivity index (χ0v) is 11.9. The smallest absolute Gasteiger partial charge is 0.413 e. The van der Waals surface area contributed by atoms with Crippen molar-refractivity contribution in [1.29, 1.82) is 0 Å². The standard InChI is InChI=1S/C12H16BrNO3/c1-12(2,3)14-11(15)17-10-7-8(16-4)5-6-9(10)13/h5-7H,1-4H3,(H,14,15). The molecule has 4 nitrogen and oxygen atoms in total. The fourth-order valence-electron chi connectivity index (χ4n) is 1.12. The van der Waals surface area contributed by atoms with E-state index in [1.807, 2.05) is 20.8 Å². The number of rotatable bonds is 2. The topological polar surface area (TPSA) is 47.6 Å². The molecule has 1 amide bonds. The molecule has 0 spiro atoms. The first-order valence-electron chi connectivity index (χ1n) is 5.15. The molecule has 1 aromatic carbocycles. The Balaban J connectivity index is 2.77. The third-order valence-electron chi connectivity index (χ3n) is 1.82. The van der Waals surface area contributed by atoms with Crippen LogP contribution in [0.5, 0.6) is 11.5 Å². The van der Waals surface area contributed by atoms with Crippen LogP contribution in [0.15, 0.2) is 22.7 Å². The minimum atomic E-state index is -0.494. The highest BCUT2D eigenvalue weighted by molar-refractivity contribution is 9.10. The number of halogens is 1. The third kappa shape index (κ3) is 4.65. The second-order valence-electron chi connectivity index (χ2n) is 4.56. The van der Waals surface area contributed by atoms with Crippen LogP contribution in [-0.4, -0.2) is 18.7 Å². The molecule has 0 fully saturated rings. The summed E-state index contributed by atoms with van der Waals surface area (Å²) in [6, 6.07) is 5.18. The highest BCUT2D eigenvalue weighted by atomic mass is 79.9. The van der Waals surface area contributed by atoms with Crippen LogP contribution in [0.4, 0.5) is 4.79 Å². The largest absolute Gasteiger partial charge is 0.497 e. The van der Waals surface area contributed by atoms with Crippen LogP contribution in [0.1, 0.15) is 20.8 Å². The summed E-state index contributed by atoms with van der Waals surface area (Å²) in [5, 5.41) is 2.71. The summed E-state index contributed by atoms with van der Waals surface area (Å²) in [7, 11) is 1.56. The first kappa shape index (κ1) is 13.8. The molecule has 0 aliphatic rings. The van der Waals surface area contributed by atoms with Gasteiger partial charge in [-0.15, -0.1) is 0 Å². The van der Waals surface area contributed by atoms with E-state index in [-0.39, 0.29) is 5.54 Å². The zero-order chi connectivity index (χ0) is 13.1. The number of hydrogen-bond acceptors (Lipinski definition) is 3. The van der Waals surface area contributed by atoms with Gasteiger partial charge in [-0.25, -0.2) is 4.79 Å². The first-order valence-corrected chi connectivity index (χ1v) is 5.94. The highest BCUT2D eigenvalue weighted by Gasteiger charge is 2.16. The summed E-state index contributed by atoms with van der Waals surface area (Å²) in [5.41, 5.74) is -0.331. The van der Waals surface area contributed by atoms with Gasteiger partial charge in [0.2, 0.25) is 0 Å². The van der Waals surface area contributed by atoms with E-state index < -0.39 is 6.09 Å². The van der Waals surface area contributed by atoms with Gasteiger partial charge in [-0.2, -0.15) is 0 Å². The third-order valence-corrected chi connectivity index (χ3v) is 2.47. The molecule has 0 saturated carbocycles. The van der Waals surface area contributed by atoms with Gasteiger partial charge >= 0.3 is 6.09 Å². The lowest BCUT2D eigenvalue weighted by Crippen LogP contribution is -2.42. The van der Waals surface area contributed by atoms with Crippen LogP contribution in [0.25, 0.3) is 0 Å². The number of methoxy groups -OCH3 is 1. The van der Waals surface area contributed by atoms with Gasteiger partial charge in [-0.1, -0.05) is 0 Å². The average molecular weight is 302 g/mol. The van der Waals surface area contributed by atoms with Gasteiger partial charge in [-0.3, -0.25) is 0 Å².